The predicted octanol–water partition coefficient (Wildman–Crippen LogP) is 1.33. The summed E-state index contributed by atoms with van der Waals surface area (Å²) >= 11 is 3.55. The lowest BCUT2D eigenvalue weighted by atomic mass is 10.5. The number of hydrogen-bond acceptors (Lipinski definition) is 6. The Labute approximate surface area is 104 Å². The van der Waals surface area contributed by atoms with Gasteiger partial charge in [0, 0.05) is 35.9 Å². The summed E-state index contributed by atoms with van der Waals surface area (Å²) in [6, 6.07) is 0. The molecule has 0 amide bonds. The molecule has 0 aromatic heterocycles. The monoisotopic (exact) mass is 264 g/mol. The maximum Gasteiger partial charge on any atom is 0.302 e. The molecule has 0 radical (unpaired) electrons. The first kappa shape index (κ1) is 13.7. The fourth-order valence-electron chi connectivity index (χ4n) is 1.20. The van der Waals surface area contributed by atoms with Gasteiger partial charge in [0.25, 0.3) is 0 Å². The van der Waals surface area contributed by atoms with Crippen LogP contribution in [0.25, 0.3) is 0 Å². The van der Waals surface area contributed by atoms with Crippen molar-refractivity contribution in [1.29, 1.82) is 0 Å². The average molecular weight is 264 g/mol. The van der Waals surface area contributed by atoms with E-state index in [1.807, 2.05) is 0 Å². The number of hydrogen-bond donors (Lipinski definition) is 0. The minimum Gasteiger partial charge on any atom is -0.465 e. The van der Waals surface area contributed by atoms with Crippen LogP contribution >= 0.6 is 23.5 Å². The minimum absolute atomic E-state index is 0.229. The van der Waals surface area contributed by atoms with Crippen LogP contribution in [0.15, 0.2) is 0 Å². The van der Waals surface area contributed by atoms with Gasteiger partial charge in [0.15, 0.2) is 0 Å². The summed E-state index contributed by atoms with van der Waals surface area (Å²) in [7, 11) is 0. The number of carbonyl (C=O) groups is 2. The van der Waals surface area contributed by atoms with E-state index in [-0.39, 0.29) is 11.9 Å². The van der Waals surface area contributed by atoms with Crippen molar-refractivity contribution in [1.82, 2.24) is 0 Å². The van der Waals surface area contributed by atoms with E-state index in [0.717, 1.165) is 11.5 Å². The molecular formula is C10H16O4S2. The van der Waals surface area contributed by atoms with E-state index in [1.165, 1.54) is 13.8 Å². The number of ether oxygens (including phenoxy) is 2. The van der Waals surface area contributed by atoms with Crippen LogP contribution in [-0.2, 0) is 19.1 Å². The Morgan fingerprint density at radius 1 is 1.00 bits per heavy atom. The lowest BCUT2D eigenvalue weighted by molar-refractivity contribution is -0.141. The third kappa shape index (κ3) is 5.65. The van der Waals surface area contributed by atoms with Crippen LogP contribution in [0, 0.1) is 0 Å². The van der Waals surface area contributed by atoms with E-state index in [9.17, 15) is 9.59 Å². The first-order chi connectivity index (χ1) is 7.58. The summed E-state index contributed by atoms with van der Waals surface area (Å²) in [5.74, 6) is 1.41. The Bertz CT molecular complexity index is 223. The highest BCUT2D eigenvalue weighted by atomic mass is 32.2. The summed E-state index contributed by atoms with van der Waals surface area (Å²) < 4.78 is 9.91. The van der Waals surface area contributed by atoms with Gasteiger partial charge in [-0.25, -0.2) is 0 Å². The highest BCUT2D eigenvalue weighted by Gasteiger charge is 2.23. The van der Waals surface area contributed by atoms with Gasteiger partial charge in [0.05, 0.1) is 0 Å². The quantitative estimate of drug-likeness (QED) is 0.714. The van der Waals surface area contributed by atoms with Crippen molar-refractivity contribution < 1.29 is 19.1 Å². The fourth-order valence-corrected chi connectivity index (χ4v) is 3.93. The molecule has 0 aliphatic carbocycles. The van der Waals surface area contributed by atoms with Crippen LogP contribution in [-0.4, -0.2) is 47.2 Å². The number of carbonyl (C=O) groups excluding carboxylic acids is 2. The molecule has 2 atom stereocenters. The van der Waals surface area contributed by atoms with Gasteiger partial charge in [0.1, 0.15) is 13.2 Å². The van der Waals surface area contributed by atoms with E-state index in [4.69, 9.17) is 9.47 Å². The maximum atomic E-state index is 10.6. The molecule has 1 aliphatic heterocycles. The Morgan fingerprint density at radius 2 is 1.38 bits per heavy atom. The van der Waals surface area contributed by atoms with Gasteiger partial charge in [-0.1, -0.05) is 0 Å². The van der Waals surface area contributed by atoms with E-state index < -0.39 is 0 Å². The van der Waals surface area contributed by atoms with Crippen molar-refractivity contribution in [3.63, 3.8) is 0 Å². The van der Waals surface area contributed by atoms with Crippen LogP contribution in [0.3, 0.4) is 0 Å². The molecule has 0 bridgehead atoms. The van der Waals surface area contributed by atoms with Crippen molar-refractivity contribution in [2.24, 2.45) is 0 Å². The highest BCUT2D eigenvalue weighted by molar-refractivity contribution is 8.07. The predicted molar refractivity (Wildman–Crippen MR) is 65.8 cm³/mol. The van der Waals surface area contributed by atoms with Crippen molar-refractivity contribution in [3.8, 4) is 0 Å². The standard InChI is InChI=1S/C10H16O4S2/c1-7(11)13-3-9-5-16-10(6-15-9)4-14-8(2)12/h9-10H,3-6H2,1-2H3. The Morgan fingerprint density at radius 3 is 1.62 bits per heavy atom. The minimum atomic E-state index is -0.229. The Kier molecular flexibility index (Phi) is 6.05. The van der Waals surface area contributed by atoms with Crippen LogP contribution in [0.5, 0.6) is 0 Å². The molecule has 0 aromatic rings. The first-order valence-corrected chi connectivity index (χ1v) is 7.17. The first-order valence-electron chi connectivity index (χ1n) is 5.08. The number of thioether (sulfide) groups is 2. The van der Waals surface area contributed by atoms with Gasteiger partial charge < -0.3 is 9.47 Å². The SMILES string of the molecule is CC(=O)OCC1CSC(COC(C)=O)CS1. The van der Waals surface area contributed by atoms with E-state index in [2.05, 4.69) is 0 Å². The molecule has 2 unspecified atom stereocenters. The average Bonchev–Trinajstić information content (AvgIpc) is 2.25. The highest BCUT2D eigenvalue weighted by Crippen LogP contribution is 2.30. The zero-order valence-electron chi connectivity index (χ0n) is 9.43. The second kappa shape index (κ2) is 7.06. The summed E-state index contributed by atoms with van der Waals surface area (Å²) in [4.78, 5) is 21.3. The molecule has 1 fully saturated rings. The topological polar surface area (TPSA) is 52.6 Å². The summed E-state index contributed by atoms with van der Waals surface area (Å²) in [6.07, 6.45) is 0. The van der Waals surface area contributed by atoms with Gasteiger partial charge in [-0.05, 0) is 0 Å². The summed E-state index contributed by atoms with van der Waals surface area (Å²) in [5, 5.41) is 0.727. The van der Waals surface area contributed by atoms with Gasteiger partial charge in [-0.15, -0.1) is 0 Å². The Hall–Kier alpha value is -0.360. The lowest BCUT2D eigenvalue weighted by Crippen LogP contribution is -2.29. The van der Waals surface area contributed by atoms with Crippen LogP contribution < -0.4 is 0 Å². The summed E-state index contributed by atoms with van der Waals surface area (Å²) in [5.41, 5.74) is 0. The molecular weight excluding hydrogens is 248 g/mol. The Balaban J connectivity index is 2.13. The van der Waals surface area contributed by atoms with Crippen molar-refractivity contribution >= 4 is 35.5 Å². The van der Waals surface area contributed by atoms with E-state index >= 15 is 0 Å². The molecule has 92 valence electrons. The molecule has 1 aliphatic rings. The lowest BCUT2D eigenvalue weighted by Gasteiger charge is -2.26. The van der Waals surface area contributed by atoms with Crippen LogP contribution in [0.2, 0.25) is 0 Å². The smallest absolute Gasteiger partial charge is 0.302 e. The van der Waals surface area contributed by atoms with Crippen LogP contribution in [0.1, 0.15) is 13.8 Å². The molecule has 4 nitrogen and oxygen atoms in total. The van der Waals surface area contributed by atoms with Crippen molar-refractivity contribution in [2.75, 3.05) is 24.7 Å². The second-order valence-corrected chi connectivity index (χ2v) is 6.18. The zero-order chi connectivity index (χ0) is 12.0. The molecule has 0 aromatic carbocycles. The van der Waals surface area contributed by atoms with Gasteiger partial charge in [-0.2, -0.15) is 23.5 Å². The molecule has 6 heteroatoms. The third-order valence-corrected chi connectivity index (χ3v) is 5.14. The van der Waals surface area contributed by atoms with E-state index in [1.54, 1.807) is 23.5 Å². The largest absolute Gasteiger partial charge is 0.465 e. The molecule has 1 heterocycles. The van der Waals surface area contributed by atoms with Gasteiger partial charge in [-0.3, -0.25) is 9.59 Å². The van der Waals surface area contributed by atoms with E-state index in [0.29, 0.717) is 23.7 Å². The fraction of sp³-hybridized carbons (Fsp3) is 0.800. The number of rotatable bonds is 4. The van der Waals surface area contributed by atoms with Gasteiger partial charge in [0.2, 0.25) is 0 Å². The molecule has 1 rings (SSSR count). The van der Waals surface area contributed by atoms with Crippen LogP contribution in [0.4, 0.5) is 0 Å². The van der Waals surface area contributed by atoms with Crippen molar-refractivity contribution in [2.45, 2.75) is 24.3 Å². The van der Waals surface area contributed by atoms with Crippen molar-refractivity contribution in [3.05, 3.63) is 0 Å². The molecule has 1 saturated heterocycles. The normalized spacial score (nSPS) is 24.9. The number of esters is 2. The molecule has 0 spiro atoms. The van der Waals surface area contributed by atoms with Gasteiger partial charge >= 0.3 is 11.9 Å². The summed E-state index contributed by atoms with van der Waals surface area (Å²) in [6.45, 7) is 3.80. The molecule has 0 N–H and O–H groups in total. The second-order valence-electron chi connectivity index (χ2n) is 3.52. The molecule has 16 heavy (non-hydrogen) atoms. The third-order valence-electron chi connectivity index (χ3n) is 1.98. The zero-order valence-corrected chi connectivity index (χ0v) is 11.1. The molecule has 0 saturated carbocycles. The maximum absolute atomic E-state index is 10.6.